The van der Waals surface area contributed by atoms with Gasteiger partial charge in [-0.15, -0.1) is 11.6 Å². The smallest absolute Gasteiger partial charge is 0.119 e. The third kappa shape index (κ3) is 4.32. The third-order valence-electron chi connectivity index (χ3n) is 2.82. The summed E-state index contributed by atoms with van der Waals surface area (Å²) in [7, 11) is 1.98. The summed E-state index contributed by atoms with van der Waals surface area (Å²) >= 11 is 5.57. The van der Waals surface area contributed by atoms with Crippen molar-refractivity contribution in [2.75, 3.05) is 12.5 Å². The lowest BCUT2D eigenvalue weighted by Crippen LogP contribution is -2.06. The molecule has 0 N–H and O–H groups in total. The van der Waals surface area contributed by atoms with Crippen LogP contribution in [0.15, 0.2) is 36.7 Å². The molecule has 1 heterocycles. The van der Waals surface area contributed by atoms with E-state index in [0.29, 0.717) is 18.9 Å². The van der Waals surface area contributed by atoms with Crippen molar-refractivity contribution >= 4 is 11.6 Å². The van der Waals surface area contributed by atoms with Crippen LogP contribution < -0.4 is 4.74 Å². The molecule has 0 bridgehead atoms. The second kappa shape index (κ2) is 7.62. The van der Waals surface area contributed by atoms with Gasteiger partial charge in [-0.25, -0.2) is 4.98 Å². The van der Waals surface area contributed by atoms with Crippen molar-refractivity contribution in [1.82, 2.24) is 9.55 Å². The van der Waals surface area contributed by atoms with Gasteiger partial charge in [0.05, 0.1) is 6.61 Å². The van der Waals surface area contributed by atoms with Gasteiger partial charge in [-0.3, -0.25) is 0 Å². The van der Waals surface area contributed by atoms with Crippen molar-refractivity contribution in [1.29, 1.82) is 0 Å². The summed E-state index contributed by atoms with van der Waals surface area (Å²) in [6.45, 7) is 0.613. The Hall–Kier alpha value is -1.92. The van der Waals surface area contributed by atoms with Crippen LogP contribution in [0.5, 0.6) is 5.75 Å². The zero-order chi connectivity index (χ0) is 14.2. The highest BCUT2D eigenvalue weighted by atomic mass is 35.5. The van der Waals surface area contributed by atoms with Crippen molar-refractivity contribution < 1.29 is 4.74 Å². The normalized spacial score (nSPS) is 9.90. The molecule has 0 aliphatic heterocycles. The average molecular weight is 289 g/mol. The standard InChI is InChI=1S/C16H17ClN2O/c1-19-12-11-18-16(19)9-13-20-15-7-5-14(6-8-15)4-2-3-10-17/h5-8,11-12H,3,9-10,13H2,1H3. The Labute approximate surface area is 124 Å². The minimum atomic E-state index is 0.571. The highest BCUT2D eigenvalue weighted by molar-refractivity contribution is 6.18. The van der Waals surface area contributed by atoms with Crippen molar-refractivity contribution in [2.24, 2.45) is 7.05 Å². The molecule has 1 aromatic heterocycles. The Bertz CT molecular complexity index is 593. The first kappa shape index (κ1) is 14.5. The number of hydrogen-bond acceptors (Lipinski definition) is 2. The Morgan fingerprint density at radius 2 is 2.10 bits per heavy atom. The Kier molecular flexibility index (Phi) is 5.52. The number of halogens is 1. The van der Waals surface area contributed by atoms with E-state index in [-0.39, 0.29) is 0 Å². The second-order valence-electron chi connectivity index (χ2n) is 4.32. The highest BCUT2D eigenvalue weighted by Gasteiger charge is 1.99. The van der Waals surface area contributed by atoms with E-state index in [1.807, 2.05) is 42.1 Å². The van der Waals surface area contributed by atoms with E-state index >= 15 is 0 Å². The summed E-state index contributed by atoms with van der Waals surface area (Å²) in [6, 6.07) is 7.78. The summed E-state index contributed by atoms with van der Waals surface area (Å²) in [5.74, 6) is 8.50. The Morgan fingerprint density at radius 1 is 1.30 bits per heavy atom. The molecule has 1 aromatic carbocycles. The van der Waals surface area contributed by atoms with Crippen LogP contribution in [0.4, 0.5) is 0 Å². The quantitative estimate of drug-likeness (QED) is 0.625. The van der Waals surface area contributed by atoms with Crippen molar-refractivity contribution in [2.45, 2.75) is 12.8 Å². The van der Waals surface area contributed by atoms with Gasteiger partial charge in [0, 0.05) is 43.7 Å². The van der Waals surface area contributed by atoms with E-state index < -0.39 is 0 Å². The number of hydrogen-bond donors (Lipinski definition) is 0. The van der Waals surface area contributed by atoms with E-state index in [0.717, 1.165) is 23.6 Å². The molecule has 0 saturated heterocycles. The Balaban J connectivity index is 1.82. The van der Waals surface area contributed by atoms with Gasteiger partial charge < -0.3 is 9.30 Å². The van der Waals surface area contributed by atoms with E-state index in [1.165, 1.54) is 0 Å². The van der Waals surface area contributed by atoms with Crippen LogP contribution in [0.25, 0.3) is 0 Å². The van der Waals surface area contributed by atoms with Crippen LogP contribution in [0, 0.1) is 11.8 Å². The molecule has 0 unspecified atom stereocenters. The third-order valence-corrected chi connectivity index (χ3v) is 3.01. The number of ether oxygens (including phenoxy) is 1. The van der Waals surface area contributed by atoms with E-state index in [2.05, 4.69) is 16.8 Å². The molecule has 0 fully saturated rings. The molecule has 3 nitrogen and oxygen atoms in total. The number of rotatable bonds is 5. The van der Waals surface area contributed by atoms with Gasteiger partial charge in [0.25, 0.3) is 0 Å². The van der Waals surface area contributed by atoms with Crippen molar-refractivity contribution in [3.8, 4) is 17.6 Å². The fraction of sp³-hybridized carbons (Fsp3) is 0.312. The SMILES string of the molecule is Cn1ccnc1CCOc1ccc(C#CCCCl)cc1. The maximum Gasteiger partial charge on any atom is 0.119 e. The van der Waals surface area contributed by atoms with Crippen molar-refractivity contribution in [3.05, 3.63) is 48.0 Å². The maximum atomic E-state index is 5.69. The maximum absolute atomic E-state index is 5.69. The molecule has 0 spiro atoms. The van der Waals surface area contributed by atoms with Gasteiger partial charge in [0.2, 0.25) is 0 Å². The van der Waals surface area contributed by atoms with Gasteiger partial charge in [-0.2, -0.15) is 0 Å². The molecule has 20 heavy (non-hydrogen) atoms. The van der Waals surface area contributed by atoms with Gasteiger partial charge >= 0.3 is 0 Å². The monoisotopic (exact) mass is 288 g/mol. The molecule has 4 heteroatoms. The van der Waals surface area contributed by atoms with E-state index in [1.54, 1.807) is 6.20 Å². The zero-order valence-corrected chi connectivity index (χ0v) is 12.2. The summed E-state index contributed by atoms with van der Waals surface area (Å²) in [6.07, 6.45) is 5.23. The second-order valence-corrected chi connectivity index (χ2v) is 4.70. The largest absolute Gasteiger partial charge is 0.493 e. The van der Waals surface area contributed by atoms with Gasteiger partial charge in [0.15, 0.2) is 0 Å². The number of aromatic nitrogens is 2. The predicted octanol–water partition coefficient (Wildman–Crippen LogP) is 3.02. The number of benzene rings is 1. The van der Waals surface area contributed by atoms with Crippen LogP contribution in [-0.2, 0) is 13.5 Å². The lowest BCUT2D eigenvalue weighted by atomic mass is 10.2. The lowest BCUT2D eigenvalue weighted by molar-refractivity contribution is 0.317. The minimum Gasteiger partial charge on any atom is -0.493 e. The molecular weight excluding hydrogens is 272 g/mol. The fourth-order valence-electron chi connectivity index (χ4n) is 1.74. The van der Waals surface area contributed by atoms with Crippen LogP contribution in [0.1, 0.15) is 17.8 Å². The van der Waals surface area contributed by atoms with Crippen molar-refractivity contribution in [3.63, 3.8) is 0 Å². The first-order chi connectivity index (χ1) is 9.79. The molecule has 0 aliphatic carbocycles. The van der Waals surface area contributed by atoms with Gasteiger partial charge in [-0.05, 0) is 24.3 Å². The molecule has 0 amide bonds. The average Bonchev–Trinajstić information content (AvgIpc) is 2.87. The van der Waals surface area contributed by atoms with Crippen LogP contribution in [0.2, 0.25) is 0 Å². The van der Waals surface area contributed by atoms with Gasteiger partial charge in [-0.1, -0.05) is 11.8 Å². The number of alkyl halides is 1. The lowest BCUT2D eigenvalue weighted by Gasteiger charge is -2.06. The molecule has 0 aliphatic rings. The summed E-state index contributed by atoms with van der Waals surface area (Å²) in [4.78, 5) is 4.26. The van der Waals surface area contributed by atoms with Crippen LogP contribution in [-0.4, -0.2) is 22.0 Å². The van der Waals surface area contributed by atoms with Crippen LogP contribution in [0.3, 0.4) is 0 Å². The van der Waals surface area contributed by atoms with Gasteiger partial charge in [0.1, 0.15) is 11.6 Å². The molecule has 2 aromatic rings. The number of imidazole rings is 1. The minimum absolute atomic E-state index is 0.571. The molecule has 0 saturated carbocycles. The first-order valence-corrected chi connectivity index (χ1v) is 7.07. The summed E-state index contributed by atoms with van der Waals surface area (Å²) in [5.41, 5.74) is 0.978. The van der Waals surface area contributed by atoms with Crippen LogP contribution >= 0.6 is 11.6 Å². The molecular formula is C16H17ClN2O. The summed E-state index contributed by atoms with van der Waals surface area (Å²) < 4.78 is 7.69. The zero-order valence-electron chi connectivity index (χ0n) is 11.5. The first-order valence-electron chi connectivity index (χ1n) is 6.53. The topological polar surface area (TPSA) is 27.1 Å². The predicted molar refractivity (Wildman–Crippen MR) is 81.1 cm³/mol. The summed E-state index contributed by atoms with van der Waals surface area (Å²) in [5, 5.41) is 0. The number of nitrogens with zero attached hydrogens (tertiary/aromatic N) is 2. The Morgan fingerprint density at radius 3 is 2.75 bits per heavy atom. The van der Waals surface area contributed by atoms with E-state index in [9.17, 15) is 0 Å². The molecule has 2 rings (SSSR count). The molecule has 0 radical (unpaired) electrons. The van der Waals surface area contributed by atoms with E-state index in [4.69, 9.17) is 16.3 Å². The molecule has 0 atom stereocenters. The fourth-order valence-corrected chi connectivity index (χ4v) is 1.84. The molecule has 104 valence electrons. The highest BCUT2D eigenvalue weighted by Crippen LogP contribution is 2.12. The number of aryl methyl sites for hydroxylation is 1.